The van der Waals surface area contributed by atoms with E-state index in [2.05, 4.69) is 48.6 Å². The smallest absolute Gasteiger partial charge is 0.126 e. The summed E-state index contributed by atoms with van der Waals surface area (Å²) in [5.74, 6) is 1.71. The monoisotopic (exact) mass is 255 g/mol. The third-order valence-corrected chi connectivity index (χ3v) is 4.35. The molecule has 0 aromatic heterocycles. The van der Waals surface area contributed by atoms with Crippen LogP contribution in [0.15, 0.2) is 36.4 Å². The molecule has 0 saturated carbocycles. The lowest BCUT2D eigenvalue weighted by Crippen LogP contribution is -2.17. The summed E-state index contributed by atoms with van der Waals surface area (Å²) in [4.78, 5) is 0. The average molecular weight is 255 g/mol. The lowest BCUT2D eigenvalue weighted by molar-refractivity contribution is 0.418. The van der Waals surface area contributed by atoms with Gasteiger partial charge in [0.05, 0.1) is 7.11 Å². The SMILES string of the molecule is CCC1CCNC1c1ccc(OC)c2ccccc12. The van der Waals surface area contributed by atoms with Gasteiger partial charge in [-0.2, -0.15) is 0 Å². The zero-order valence-corrected chi connectivity index (χ0v) is 11.6. The highest BCUT2D eigenvalue weighted by molar-refractivity contribution is 5.91. The number of fused-ring (bicyclic) bond motifs is 1. The van der Waals surface area contributed by atoms with Crippen molar-refractivity contribution in [2.45, 2.75) is 25.8 Å². The first-order chi connectivity index (χ1) is 9.35. The van der Waals surface area contributed by atoms with E-state index in [1.807, 2.05) is 0 Å². The number of nitrogens with one attached hydrogen (secondary N) is 1. The van der Waals surface area contributed by atoms with Crippen molar-refractivity contribution in [2.24, 2.45) is 5.92 Å². The number of ether oxygens (including phenoxy) is 1. The van der Waals surface area contributed by atoms with Gasteiger partial charge in [0.1, 0.15) is 5.75 Å². The predicted octanol–water partition coefficient (Wildman–Crippen LogP) is 3.91. The van der Waals surface area contributed by atoms with Crippen molar-refractivity contribution in [3.05, 3.63) is 42.0 Å². The van der Waals surface area contributed by atoms with Crippen LogP contribution in [0.1, 0.15) is 31.4 Å². The van der Waals surface area contributed by atoms with E-state index in [1.54, 1.807) is 7.11 Å². The molecule has 2 nitrogen and oxygen atoms in total. The lowest BCUT2D eigenvalue weighted by atomic mass is 9.89. The quantitative estimate of drug-likeness (QED) is 0.898. The average Bonchev–Trinajstić information content (AvgIpc) is 2.94. The van der Waals surface area contributed by atoms with Crippen molar-refractivity contribution in [2.75, 3.05) is 13.7 Å². The van der Waals surface area contributed by atoms with Gasteiger partial charge in [-0.05, 0) is 35.9 Å². The summed E-state index contributed by atoms with van der Waals surface area (Å²) in [6.45, 7) is 3.42. The van der Waals surface area contributed by atoms with Gasteiger partial charge in [0.2, 0.25) is 0 Å². The highest BCUT2D eigenvalue weighted by atomic mass is 16.5. The summed E-state index contributed by atoms with van der Waals surface area (Å²) in [6, 6.07) is 13.4. The Hall–Kier alpha value is -1.54. The topological polar surface area (TPSA) is 21.3 Å². The maximum Gasteiger partial charge on any atom is 0.126 e. The summed E-state index contributed by atoms with van der Waals surface area (Å²) in [5, 5.41) is 6.20. The van der Waals surface area contributed by atoms with Gasteiger partial charge >= 0.3 is 0 Å². The van der Waals surface area contributed by atoms with Crippen molar-refractivity contribution in [3.63, 3.8) is 0 Å². The van der Waals surface area contributed by atoms with E-state index < -0.39 is 0 Å². The molecule has 0 spiro atoms. The Labute approximate surface area is 114 Å². The Kier molecular flexibility index (Phi) is 3.43. The first kappa shape index (κ1) is 12.5. The second-order valence-corrected chi connectivity index (χ2v) is 5.29. The minimum atomic E-state index is 0.487. The maximum absolute atomic E-state index is 5.48. The molecule has 1 saturated heterocycles. The van der Waals surface area contributed by atoms with Crippen molar-refractivity contribution < 1.29 is 4.74 Å². The molecule has 1 fully saturated rings. The van der Waals surface area contributed by atoms with Crippen molar-refractivity contribution in [3.8, 4) is 5.75 Å². The first-order valence-corrected chi connectivity index (χ1v) is 7.14. The van der Waals surface area contributed by atoms with Crippen LogP contribution in [0.3, 0.4) is 0 Å². The fourth-order valence-corrected chi connectivity index (χ4v) is 3.31. The Morgan fingerprint density at radius 1 is 1.16 bits per heavy atom. The summed E-state index contributed by atoms with van der Waals surface area (Å²) in [7, 11) is 1.74. The van der Waals surface area contributed by atoms with Crippen LogP contribution in [0.2, 0.25) is 0 Å². The molecule has 1 heterocycles. The van der Waals surface area contributed by atoms with Crippen LogP contribution in [0, 0.1) is 5.92 Å². The molecule has 2 aromatic carbocycles. The third-order valence-electron chi connectivity index (χ3n) is 4.35. The van der Waals surface area contributed by atoms with Gasteiger partial charge in [-0.15, -0.1) is 0 Å². The fourth-order valence-electron chi connectivity index (χ4n) is 3.31. The number of benzene rings is 2. The molecule has 1 aliphatic rings. The van der Waals surface area contributed by atoms with Crippen LogP contribution in [-0.2, 0) is 0 Å². The number of methoxy groups -OCH3 is 1. The molecule has 1 N–H and O–H groups in total. The maximum atomic E-state index is 5.48. The molecule has 100 valence electrons. The Morgan fingerprint density at radius 3 is 2.68 bits per heavy atom. The van der Waals surface area contributed by atoms with Gasteiger partial charge in [0.15, 0.2) is 0 Å². The highest BCUT2D eigenvalue weighted by Crippen LogP contribution is 2.38. The van der Waals surface area contributed by atoms with E-state index in [0.29, 0.717) is 6.04 Å². The second kappa shape index (κ2) is 5.22. The fraction of sp³-hybridized carbons (Fsp3) is 0.412. The number of hydrogen-bond donors (Lipinski definition) is 1. The molecule has 2 unspecified atom stereocenters. The van der Waals surface area contributed by atoms with Crippen LogP contribution in [-0.4, -0.2) is 13.7 Å². The molecule has 0 amide bonds. The minimum absolute atomic E-state index is 0.487. The van der Waals surface area contributed by atoms with Crippen LogP contribution in [0.25, 0.3) is 10.8 Å². The largest absolute Gasteiger partial charge is 0.496 e. The Balaban J connectivity index is 2.14. The Bertz CT molecular complexity index is 578. The van der Waals surface area contributed by atoms with E-state index in [0.717, 1.165) is 18.2 Å². The van der Waals surface area contributed by atoms with Crippen LogP contribution in [0.4, 0.5) is 0 Å². The minimum Gasteiger partial charge on any atom is -0.496 e. The summed E-state index contributed by atoms with van der Waals surface area (Å²) in [6.07, 6.45) is 2.51. The van der Waals surface area contributed by atoms with Crippen LogP contribution in [0.5, 0.6) is 5.75 Å². The molecular formula is C17H21NO. The molecule has 0 radical (unpaired) electrons. The highest BCUT2D eigenvalue weighted by Gasteiger charge is 2.28. The molecule has 3 rings (SSSR count). The number of rotatable bonds is 3. The van der Waals surface area contributed by atoms with E-state index >= 15 is 0 Å². The van der Waals surface area contributed by atoms with E-state index in [1.165, 1.54) is 29.2 Å². The normalized spacial score (nSPS) is 22.8. The molecule has 0 bridgehead atoms. The van der Waals surface area contributed by atoms with Crippen molar-refractivity contribution in [1.29, 1.82) is 0 Å². The molecule has 0 aliphatic carbocycles. The first-order valence-electron chi connectivity index (χ1n) is 7.14. The molecule has 2 atom stereocenters. The summed E-state index contributed by atoms with van der Waals surface area (Å²) in [5.41, 5.74) is 1.42. The van der Waals surface area contributed by atoms with Gasteiger partial charge in [-0.3, -0.25) is 0 Å². The van der Waals surface area contributed by atoms with E-state index in [4.69, 9.17) is 4.74 Å². The lowest BCUT2D eigenvalue weighted by Gasteiger charge is -2.21. The summed E-state index contributed by atoms with van der Waals surface area (Å²) < 4.78 is 5.48. The van der Waals surface area contributed by atoms with E-state index in [9.17, 15) is 0 Å². The third kappa shape index (κ3) is 2.10. The zero-order chi connectivity index (χ0) is 13.2. The van der Waals surface area contributed by atoms with Gasteiger partial charge in [0.25, 0.3) is 0 Å². The molecular weight excluding hydrogens is 234 g/mol. The molecule has 19 heavy (non-hydrogen) atoms. The van der Waals surface area contributed by atoms with Crippen molar-refractivity contribution in [1.82, 2.24) is 5.32 Å². The van der Waals surface area contributed by atoms with Crippen LogP contribution >= 0.6 is 0 Å². The van der Waals surface area contributed by atoms with Gasteiger partial charge < -0.3 is 10.1 Å². The standard InChI is InChI=1S/C17H21NO/c1-3-12-10-11-18-17(12)15-8-9-16(19-2)14-7-5-4-6-13(14)15/h4-9,12,17-18H,3,10-11H2,1-2H3. The molecule has 2 heteroatoms. The van der Waals surface area contributed by atoms with Gasteiger partial charge in [-0.25, -0.2) is 0 Å². The van der Waals surface area contributed by atoms with Gasteiger partial charge in [0, 0.05) is 11.4 Å². The van der Waals surface area contributed by atoms with Gasteiger partial charge in [-0.1, -0.05) is 43.7 Å². The zero-order valence-electron chi connectivity index (χ0n) is 11.6. The second-order valence-electron chi connectivity index (χ2n) is 5.29. The summed E-state index contributed by atoms with van der Waals surface area (Å²) >= 11 is 0. The van der Waals surface area contributed by atoms with Crippen molar-refractivity contribution >= 4 is 10.8 Å². The Morgan fingerprint density at radius 2 is 1.95 bits per heavy atom. The number of hydrogen-bond acceptors (Lipinski definition) is 2. The van der Waals surface area contributed by atoms with Crippen LogP contribution < -0.4 is 10.1 Å². The molecule has 1 aliphatic heterocycles. The molecule has 2 aromatic rings. The van der Waals surface area contributed by atoms with E-state index in [-0.39, 0.29) is 0 Å². The predicted molar refractivity (Wildman–Crippen MR) is 79.6 cm³/mol.